The van der Waals surface area contributed by atoms with Crippen LogP contribution in [0.5, 0.6) is 0 Å². The lowest BCUT2D eigenvalue weighted by atomic mass is 10.0. The molecule has 1 amide bonds. The van der Waals surface area contributed by atoms with Crippen LogP contribution in [0.4, 0.5) is 0 Å². The number of para-hydroxylation sites is 1. The minimum absolute atomic E-state index is 0.0406. The molecule has 0 N–H and O–H groups in total. The second-order valence-corrected chi connectivity index (χ2v) is 6.88. The molecule has 0 saturated heterocycles. The van der Waals surface area contributed by atoms with E-state index in [0.717, 1.165) is 39.7 Å². The average molecular weight is 366 g/mol. The monoisotopic (exact) mass is 366 g/mol. The molecule has 1 aliphatic heterocycles. The summed E-state index contributed by atoms with van der Waals surface area (Å²) in [6.45, 7) is 1.25. The Morgan fingerprint density at radius 3 is 2.64 bits per heavy atom. The van der Waals surface area contributed by atoms with E-state index in [9.17, 15) is 4.79 Å². The number of carbonyl (C=O) groups is 1. The van der Waals surface area contributed by atoms with Crippen molar-refractivity contribution in [3.8, 4) is 11.4 Å². The maximum Gasteiger partial charge on any atom is 0.255 e. The Bertz CT molecular complexity index is 1170. The van der Waals surface area contributed by atoms with E-state index in [2.05, 4.69) is 22.1 Å². The van der Waals surface area contributed by atoms with Crippen LogP contribution in [0.15, 0.2) is 73.1 Å². The molecule has 5 rings (SSSR count). The maximum absolute atomic E-state index is 13.1. The van der Waals surface area contributed by atoms with Crippen molar-refractivity contribution in [1.29, 1.82) is 0 Å². The van der Waals surface area contributed by atoms with Gasteiger partial charge in [-0.25, -0.2) is 9.97 Å². The van der Waals surface area contributed by atoms with Gasteiger partial charge in [-0.1, -0.05) is 42.5 Å². The van der Waals surface area contributed by atoms with Gasteiger partial charge in [-0.2, -0.15) is 0 Å². The van der Waals surface area contributed by atoms with Crippen molar-refractivity contribution in [2.45, 2.75) is 13.0 Å². The SMILES string of the molecule is O=C1c2c(cccc2-c2ncccn2)CN1CCc1ccc2ccccc2n1. The summed E-state index contributed by atoms with van der Waals surface area (Å²) < 4.78 is 0. The zero-order valence-electron chi connectivity index (χ0n) is 15.2. The predicted molar refractivity (Wildman–Crippen MR) is 108 cm³/mol. The van der Waals surface area contributed by atoms with Gasteiger partial charge >= 0.3 is 0 Å². The summed E-state index contributed by atoms with van der Waals surface area (Å²) in [5, 5.41) is 1.13. The number of fused-ring (bicyclic) bond motifs is 2. The molecule has 0 atom stereocenters. The summed E-state index contributed by atoms with van der Waals surface area (Å²) in [5.41, 5.74) is 4.53. The van der Waals surface area contributed by atoms with Crippen LogP contribution in [0.2, 0.25) is 0 Å². The first-order valence-electron chi connectivity index (χ1n) is 9.33. The fourth-order valence-corrected chi connectivity index (χ4v) is 3.72. The van der Waals surface area contributed by atoms with Crippen molar-refractivity contribution in [2.24, 2.45) is 0 Å². The predicted octanol–water partition coefficient (Wildman–Crippen LogP) is 3.89. The minimum atomic E-state index is 0.0406. The number of carbonyl (C=O) groups excluding carboxylic acids is 1. The van der Waals surface area contributed by atoms with E-state index in [1.165, 1.54) is 0 Å². The highest BCUT2D eigenvalue weighted by atomic mass is 16.2. The van der Waals surface area contributed by atoms with Crippen LogP contribution in [0, 0.1) is 0 Å². The van der Waals surface area contributed by atoms with Crippen LogP contribution in [-0.2, 0) is 13.0 Å². The second-order valence-electron chi connectivity index (χ2n) is 6.88. The van der Waals surface area contributed by atoms with Crippen molar-refractivity contribution in [2.75, 3.05) is 6.54 Å². The van der Waals surface area contributed by atoms with Crippen LogP contribution in [0.25, 0.3) is 22.3 Å². The first-order chi connectivity index (χ1) is 13.8. The quantitative estimate of drug-likeness (QED) is 0.550. The Balaban J connectivity index is 1.38. The van der Waals surface area contributed by atoms with Gasteiger partial charge in [0.2, 0.25) is 0 Å². The van der Waals surface area contributed by atoms with Crippen LogP contribution >= 0.6 is 0 Å². The topological polar surface area (TPSA) is 59.0 Å². The van der Waals surface area contributed by atoms with Gasteiger partial charge in [-0.05, 0) is 23.8 Å². The molecule has 5 heteroatoms. The molecular formula is C23H18N4O. The van der Waals surface area contributed by atoms with Gasteiger partial charge in [0.25, 0.3) is 5.91 Å². The van der Waals surface area contributed by atoms with E-state index >= 15 is 0 Å². The number of rotatable bonds is 4. The number of hydrogen-bond acceptors (Lipinski definition) is 4. The third-order valence-corrected chi connectivity index (χ3v) is 5.11. The number of pyridine rings is 1. The third-order valence-electron chi connectivity index (χ3n) is 5.11. The van der Waals surface area contributed by atoms with Gasteiger partial charge in [0.1, 0.15) is 0 Å². The van der Waals surface area contributed by atoms with Crippen molar-refractivity contribution in [3.63, 3.8) is 0 Å². The molecule has 136 valence electrons. The number of nitrogens with zero attached hydrogens (tertiary/aromatic N) is 4. The lowest BCUT2D eigenvalue weighted by Gasteiger charge is -2.15. The lowest BCUT2D eigenvalue weighted by molar-refractivity contribution is 0.0780. The number of hydrogen-bond donors (Lipinski definition) is 0. The summed E-state index contributed by atoms with van der Waals surface area (Å²) >= 11 is 0. The molecule has 0 aliphatic carbocycles. The minimum Gasteiger partial charge on any atom is -0.334 e. The molecule has 0 unspecified atom stereocenters. The average Bonchev–Trinajstić information content (AvgIpc) is 3.08. The summed E-state index contributed by atoms with van der Waals surface area (Å²) in [4.78, 5) is 28.3. The van der Waals surface area contributed by atoms with E-state index in [-0.39, 0.29) is 5.91 Å². The summed E-state index contributed by atoms with van der Waals surface area (Å²) in [6.07, 6.45) is 4.12. The number of amides is 1. The molecule has 2 aromatic carbocycles. The zero-order chi connectivity index (χ0) is 18.9. The largest absolute Gasteiger partial charge is 0.334 e. The molecule has 28 heavy (non-hydrogen) atoms. The molecule has 0 spiro atoms. The molecule has 4 aromatic rings. The lowest BCUT2D eigenvalue weighted by Crippen LogP contribution is -2.26. The van der Waals surface area contributed by atoms with E-state index in [0.29, 0.717) is 18.9 Å². The van der Waals surface area contributed by atoms with Gasteiger partial charge in [0.15, 0.2) is 5.82 Å². The van der Waals surface area contributed by atoms with Crippen LogP contribution in [0.1, 0.15) is 21.6 Å². The highest BCUT2D eigenvalue weighted by Gasteiger charge is 2.30. The summed E-state index contributed by atoms with van der Waals surface area (Å²) in [7, 11) is 0. The molecular weight excluding hydrogens is 348 g/mol. The molecule has 0 bridgehead atoms. The van der Waals surface area contributed by atoms with E-state index in [4.69, 9.17) is 4.98 Å². The Labute approximate surface area is 162 Å². The first-order valence-corrected chi connectivity index (χ1v) is 9.33. The first kappa shape index (κ1) is 16.6. The fraction of sp³-hybridized carbons (Fsp3) is 0.130. The molecule has 0 radical (unpaired) electrons. The highest BCUT2D eigenvalue weighted by molar-refractivity contribution is 6.03. The molecule has 3 heterocycles. The Kier molecular flexibility index (Phi) is 4.05. The summed E-state index contributed by atoms with van der Waals surface area (Å²) in [6, 6.07) is 19.9. The third kappa shape index (κ3) is 2.91. The van der Waals surface area contributed by atoms with Gasteiger partial charge in [-0.15, -0.1) is 0 Å². The van der Waals surface area contributed by atoms with Crippen LogP contribution < -0.4 is 0 Å². The van der Waals surface area contributed by atoms with Crippen molar-refractivity contribution in [3.05, 3.63) is 89.9 Å². The molecule has 5 nitrogen and oxygen atoms in total. The Morgan fingerprint density at radius 1 is 0.893 bits per heavy atom. The molecule has 0 saturated carbocycles. The fourth-order valence-electron chi connectivity index (χ4n) is 3.72. The van der Waals surface area contributed by atoms with Gasteiger partial charge in [-0.3, -0.25) is 9.78 Å². The standard InChI is InChI=1S/C23H18N4O/c28-23-21-17(6-3-7-19(21)22-24-12-4-13-25-22)15-27(23)14-11-18-10-9-16-5-1-2-8-20(16)26-18/h1-10,12-13H,11,14-15H2. The Morgan fingerprint density at radius 2 is 1.75 bits per heavy atom. The van der Waals surface area contributed by atoms with E-state index in [1.807, 2.05) is 47.4 Å². The van der Waals surface area contributed by atoms with Crippen molar-refractivity contribution >= 4 is 16.8 Å². The van der Waals surface area contributed by atoms with Crippen molar-refractivity contribution in [1.82, 2.24) is 19.9 Å². The van der Waals surface area contributed by atoms with E-state index in [1.54, 1.807) is 18.5 Å². The van der Waals surface area contributed by atoms with Crippen molar-refractivity contribution < 1.29 is 4.79 Å². The van der Waals surface area contributed by atoms with Crippen LogP contribution in [-0.4, -0.2) is 32.3 Å². The molecule has 2 aromatic heterocycles. The highest BCUT2D eigenvalue weighted by Crippen LogP contribution is 2.31. The number of benzene rings is 2. The van der Waals surface area contributed by atoms with Gasteiger partial charge in [0, 0.05) is 48.5 Å². The van der Waals surface area contributed by atoms with Gasteiger partial charge in [0.05, 0.1) is 11.1 Å². The molecule has 1 aliphatic rings. The maximum atomic E-state index is 13.1. The Hall–Kier alpha value is -3.60. The number of aromatic nitrogens is 3. The van der Waals surface area contributed by atoms with E-state index < -0.39 is 0 Å². The normalized spacial score (nSPS) is 13.1. The molecule has 0 fully saturated rings. The smallest absolute Gasteiger partial charge is 0.255 e. The van der Waals surface area contributed by atoms with Gasteiger partial charge < -0.3 is 4.90 Å². The zero-order valence-corrected chi connectivity index (χ0v) is 15.2. The van der Waals surface area contributed by atoms with Crippen LogP contribution in [0.3, 0.4) is 0 Å². The summed E-state index contributed by atoms with van der Waals surface area (Å²) in [5.74, 6) is 0.629. The second kappa shape index (κ2) is 6.85.